The van der Waals surface area contributed by atoms with Crippen LogP contribution in [0.25, 0.3) is 0 Å². The predicted molar refractivity (Wildman–Crippen MR) is 132 cm³/mol. The van der Waals surface area contributed by atoms with Gasteiger partial charge in [0.25, 0.3) is 0 Å². The van der Waals surface area contributed by atoms with Gasteiger partial charge in [-0.1, -0.05) is 49.3 Å². The number of nitrogens with two attached hydrogens (primary N) is 2. The largest absolute Gasteiger partial charge is 0.368 e. The number of hydrogen-bond acceptors (Lipinski definition) is 4. The van der Waals surface area contributed by atoms with E-state index in [-0.39, 0.29) is 17.9 Å². The van der Waals surface area contributed by atoms with Crippen LogP contribution in [0.3, 0.4) is 0 Å². The molecule has 31 heavy (non-hydrogen) atoms. The Morgan fingerprint density at radius 2 is 1.55 bits per heavy atom. The van der Waals surface area contributed by atoms with Crippen molar-refractivity contribution in [3.63, 3.8) is 0 Å². The zero-order chi connectivity index (χ0) is 23.0. The van der Waals surface area contributed by atoms with Gasteiger partial charge in [0, 0.05) is 42.9 Å². The molecular weight excluding hydrogens is 507 g/mol. The average molecular weight is 549 g/mol. The molecule has 3 aliphatic rings. The minimum absolute atomic E-state index is 0.0711. The maximum absolute atomic E-state index is 11.9. The van der Waals surface area contributed by atoms with E-state index in [1.54, 1.807) is 4.90 Å². The van der Waals surface area contributed by atoms with Crippen LogP contribution in [0.15, 0.2) is 0 Å². The maximum atomic E-state index is 11.9. The number of carbonyl (C=O) groups excluding carboxylic acids is 3. The second-order valence-electron chi connectivity index (χ2n) is 9.36. The first-order valence-electron chi connectivity index (χ1n) is 12.0. The van der Waals surface area contributed by atoms with Crippen molar-refractivity contribution in [1.29, 1.82) is 0 Å². The summed E-state index contributed by atoms with van der Waals surface area (Å²) in [5.41, 5.74) is 11.0. The zero-order valence-electron chi connectivity index (χ0n) is 19.2. The quantitative estimate of drug-likeness (QED) is 0.341. The number of nitrogens with zero attached hydrogens (tertiary/aromatic N) is 2. The SMILES string of the molecule is CCC(C(N)=O)N1CC(CI)CCC1=O.CCC(CN)N1CC(CC2CC2)CCC1=O. The molecule has 2 heterocycles. The number of alkyl halides is 1. The van der Waals surface area contributed by atoms with Crippen molar-refractivity contribution in [2.45, 2.75) is 83.7 Å². The Labute approximate surface area is 201 Å². The van der Waals surface area contributed by atoms with Crippen LogP contribution in [0, 0.1) is 17.8 Å². The maximum Gasteiger partial charge on any atom is 0.240 e. The molecular formula is C23H41IN4O3. The molecule has 8 heteroatoms. The van der Waals surface area contributed by atoms with Gasteiger partial charge in [-0.15, -0.1) is 0 Å². The van der Waals surface area contributed by atoms with Crippen molar-refractivity contribution in [2.75, 3.05) is 24.1 Å². The van der Waals surface area contributed by atoms with E-state index in [1.165, 1.54) is 19.3 Å². The van der Waals surface area contributed by atoms with Gasteiger partial charge in [0.1, 0.15) is 6.04 Å². The Morgan fingerprint density at radius 1 is 0.968 bits per heavy atom. The van der Waals surface area contributed by atoms with E-state index < -0.39 is 6.04 Å². The van der Waals surface area contributed by atoms with E-state index in [9.17, 15) is 14.4 Å². The molecule has 0 bridgehead atoms. The zero-order valence-corrected chi connectivity index (χ0v) is 21.4. The van der Waals surface area contributed by atoms with Crippen LogP contribution in [0.1, 0.15) is 71.6 Å². The lowest BCUT2D eigenvalue weighted by atomic mass is 9.91. The summed E-state index contributed by atoms with van der Waals surface area (Å²) in [5, 5.41) is 0. The molecule has 0 aromatic heterocycles. The van der Waals surface area contributed by atoms with E-state index in [0.29, 0.717) is 37.8 Å². The molecule has 3 fully saturated rings. The first-order valence-corrected chi connectivity index (χ1v) is 13.5. The van der Waals surface area contributed by atoms with Crippen LogP contribution in [0.2, 0.25) is 0 Å². The minimum Gasteiger partial charge on any atom is -0.368 e. The van der Waals surface area contributed by atoms with Gasteiger partial charge in [-0.25, -0.2) is 0 Å². The lowest BCUT2D eigenvalue weighted by Crippen LogP contribution is -2.51. The van der Waals surface area contributed by atoms with E-state index in [4.69, 9.17) is 11.5 Å². The molecule has 7 nitrogen and oxygen atoms in total. The minimum atomic E-state index is -0.414. The standard InChI is InChI=1S/C13H24N2O.C10H17IN2O2/c1-2-12(8-14)15-9-11(5-6-13(15)16)7-10-3-4-10;1-2-8(10(12)15)13-6-7(5-11)3-4-9(13)14/h10-12H,2-9,14H2,1H3;7-8H,2-6H2,1H3,(H2,12,15). The first-order chi connectivity index (χ1) is 14.8. The van der Waals surface area contributed by atoms with Gasteiger partial charge in [0.15, 0.2) is 0 Å². The van der Waals surface area contributed by atoms with Gasteiger partial charge < -0.3 is 21.3 Å². The summed E-state index contributed by atoms with van der Waals surface area (Å²) in [7, 11) is 0. The van der Waals surface area contributed by atoms with Crippen molar-refractivity contribution < 1.29 is 14.4 Å². The summed E-state index contributed by atoms with van der Waals surface area (Å²) in [6.45, 7) is 6.26. The van der Waals surface area contributed by atoms with Crippen LogP contribution < -0.4 is 11.5 Å². The van der Waals surface area contributed by atoms with E-state index in [0.717, 1.165) is 48.5 Å². The molecule has 3 amide bonds. The van der Waals surface area contributed by atoms with Gasteiger partial charge in [-0.05, 0) is 49.9 Å². The topological polar surface area (TPSA) is 110 Å². The van der Waals surface area contributed by atoms with E-state index in [2.05, 4.69) is 34.4 Å². The van der Waals surface area contributed by atoms with Gasteiger partial charge in [0.2, 0.25) is 17.7 Å². The van der Waals surface area contributed by atoms with Crippen LogP contribution in [0.5, 0.6) is 0 Å². The molecule has 0 aromatic rings. The molecule has 2 aliphatic heterocycles. The van der Waals surface area contributed by atoms with Gasteiger partial charge in [-0.3, -0.25) is 14.4 Å². The predicted octanol–water partition coefficient (Wildman–Crippen LogP) is 2.69. The van der Waals surface area contributed by atoms with Crippen LogP contribution in [-0.2, 0) is 14.4 Å². The number of piperidine rings is 2. The van der Waals surface area contributed by atoms with Crippen molar-refractivity contribution in [1.82, 2.24) is 9.80 Å². The fourth-order valence-corrected chi connectivity index (χ4v) is 5.49. The summed E-state index contributed by atoms with van der Waals surface area (Å²) in [6, 6.07) is -0.141. The molecule has 1 aliphatic carbocycles. The Kier molecular flexibility index (Phi) is 11.0. The number of hydrogen-bond donors (Lipinski definition) is 2. The Bertz CT molecular complexity index is 610. The van der Waals surface area contributed by atoms with E-state index >= 15 is 0 Å². The molecule has 4 atom stereocenters. The third-order valence-corrected chi connectivity index (χ3v) is 8.19. The molecule has 178 valence electrons. The van der Waals surface area contributed by atoms with Crippen LogP contribution in [-0.4, -0.2) is 63.7 Å². The van der Waals surface area contributed by atoms with Gasteiger partial charge in [-0.2, -0.15) is 0 Å². The van der Waals surface area contributed by atoms with E-state index in [1.807, 2.05) is 6.92 Å². The number of primary amides is 1. The molecule has 0 radical (unpaired) electrons. The number of carbonyl (C=O) groups is 3. The smallest absolute Gasteiger partial charge is 0.240 e. The lowest BCUT2D eigenvalue weighted by molar-refractivity contribution is -0.142. The summed E-state index contributed by atoms with van der Waals surface area (Å²) in [4.78, 5) is 38.5. The first kappa shape index (κ1) is 26.4. The molecule has 2 saturated heterocycles. The highest BCUT2D eigenvalue weighted by molar-refractivity contribution is 14.1. The fraction of sp³-hybridized carbons (Fsp3) is 0.870. The normalized spacial score (nSPS) is 26.2. The number of rotatable bonds is 9. The summed E-state index contributed by atoms with van der Waals surface area (Å²) >= 11 is 2.32. The van der Waals surface area contributed by atoms with Crippen molar-refractivity contribution in [3.8, 4) is 0 Å². The molecule has 1 saturated carbocycles. The highest BCUT2D eigenvalue weighted by atomic mass is 127. The lowest BCUT2D eigenvalue weighted by Gasteiger charge is -2.37. The summed E-state index contributed by atoms with van der Waals surface area (Å²) in [6.07, 6.45) is 9.10. The van der Waals surface area contributed by atoms with Crippen molar-refractivity contribution in [2.24, 2.45) is 29.2 Å². The molecule has 3 rings (SSSR count). The number of amides is 3. The monoisotopic (exact) mass is 548 g/mol. The second-order valence-corrected chi connectivity index (χ2v) is 10.2. The Balaban J connectivity index is 0.000000221. The molecule has 4 unspecified atom stereocenters. The summed E-state index contributed by atoms with van der Waals surface area (Å²) < 4.78 is 1.02. The summed E-state index contributed by atoms with van der Waals surface area (Å²) in [5.74, 6) is 2.23. The fourth-order valence-electron chi connectivity index (χ4n) is 4.77. The second kappa shape index (κ2) is 13.0. The van der Waals surface area contributed by atoms with Crippen molar-refractivity contribution >= 4 is 40.3 Å². The molecule has 0 spiro atoms. The molecule has 4 N–H and O–H groups in total. The van der Waals surface area contributed by atoms with Gasteiger partial charge in [0.05, 0.1) is 0 Å². The Morgan fingerprint density at radius 3 is 2.03 bits per heavy atom. The van der Waals surface area contributed by atoms with Gasteiger partial charge >= 0.3 is 0 Å². The number of likely N-dealkylation sites (tertiary alicyclic amines) is 2. The van der Waals surface area contributed by atoms with Crippen LogP contribution in [0.4, 0.5) is 0 Å². The third kappa shape index (κ3) is 7.87. The molecule has 0 aromatic carbocycles. The van der Waals surface area contributed by atoms with Crippen LogP contribution >= 0.6 is 22.6 Å². The average Bonchev–Trinajstić information content (AvgIpc) is 3.57. The van der Waals surface area contributed by atoms with Crippen molar-refractivity contribution in [3.05, 3.63) is 0 Å². The highest BCUT2D eigenvalue weighted by Gasteiger charge is 2.33. The number of halogens is 1. The highest BCUT2D eigenvalue weighted by Crippen LogP contribution is 2.38. The third-order valence-electron chi connectivity index (χ3n) is 6.94. The Hall–Kier alpha value is -0.900.